The molecular formula is C9H18O3. The first-order valence-corrected chi connectivity index (χ1v) is 4.31. The Kier molecular flexibility index (Phi) is 4.71. The van der Waals surface area contributed by atoms with Crippen molar-refractivity contribution in [3.8, 4) is 0 Å². The van der Waals surface area contributed by atoms with Crippen molar-refractivity contribution in [3.05, 3.63) is 0 Å². The van der Waals surface area contributed by atoms with Gasteiger partial charge in [-0.1, -0.05) is 13.3 Å². The van der Waals surface area contributed by atoms with Crippen LogP contribution >= 0.6 is 0 Å². The molecular weight excluding hydrogens is 156 g/mol. The summed E-state index contributed by atoms with van der Waals surface area (Å²) < 4.78 is 9.72. The fourth-order valence-corrected chi connectivity index (χ4v) is 0.579. The van der Waals surface area contributed by atoms with Gasteiger partial charge >= 0.3 is 6.16 Å². The number of carbonyl (C=O) groups excluding carboxylic acids is 1. The molecule has 0 fully saturated rings. The van der Waals surface area contributed by atoms with Gasteiger partial charge < -0.3 is 9.47 Å². The first-order chi connectivity index (χ1) is 5.45. The van der Waals surface area contributed by atoms with Gasteiger partial charge in [-0.25, -0.2) is 4.79 Å². The molecule has 0 aromatic rings. The highest BCUT2D eigenvalue weighted by molar-refractivity contribution is 5.60. The summed E-state index contributed by atoms with van der Waals surface area (Å²) in [5.41, 5.74) is -0.455. The number of hydrogen-bond acceptors (Lipinski definition) is 3. The first-order valence-electron chi connectivity index (χ1n) is 4.31. The minimum absolute atomic E-state index is 0.450. The molecule has 0 aliphatic carbocycles. The SMILES string of the molecule is CCCCOC(=O)OC(C)(C)C. The van der Waals surface area contributed by atoms with Gasteiger partial charge in [0, 0.05) is 0 Å². The summed E-state index contributed by atoms with van der Waals surface area (Å²) >= 11 is 0. The smallest absolute Gasteiger partial charge is 0.434 e. The molecule has 0 saturated carbocycles. The largest absolute Gasteiger partial charge is 0.508 e. The zero-order valence-corrected chi connectivity index (χ0v) is 8.35. The minimum atomic E-state index is -0.573. The van der Waals surface area contributed by atoms with Crippen molar-refractivity contribution >= 4 is 6.16 Å². The van der Waals surface area contributed by atoms with E-state index in [0.717, 1.165) is 12.8 Å². The molecule has 0 aliphatic heterocycles. The Bertz CT molecular complexity index is 135. The van der Waals surface area contributed by atoms with Crippen molar-refractivity contribution in [3.63, 3.8) is 0 Å². The molecule has 0 rings (SSSR count). The molecule has 0 aromatic heterocycles. The molecule has 0 spiro atoms. The highest BCUT2D eigenvalue weighted by Crippen LogP contribution is 2.08. The third-order valence-electron chi connectivity index (χ3n) is 1.11. The number of rotatable bonds is 3. The van der Waals surface area contributed by atoms with Crippen LogP contribution in [-0.4, -0.2) is 18.4 Å². The van der Waals surface area contributed by atoms with Crippen molar-refractivity contribution in [2.45, 2.75) is 46.1 Å². The maximum Gasteiger partial charge on any atom is 0.508 e. The van der Waals surface area contributed by atoms with Crippen LogP contribution in [0.3, 0.4) is 0 Å². The molecule has 0 saturated heterocycles. The Morgan fingerprint density at radius 1 is 1.33 bits per heavy atom. The van der Waals surface area contributed by atoms with Gasteiger partial charge in [0.1, 0.15) is 5.60 Å². The van der Waals surface area contributed by atoms with Crippen LogP contribution in [0.4, 0.5) is 4.79 Å². The summed E-state index contributed by atoms with van der Waals surface area (Å²) in [6.07, 6.45) is 1.33. The second-order valence-electron chi connectivity index (χ2n) is 3.67. The minimum Gasteiger partial charge on any atom is -0.434 e. The van der Waals surface area contributed by atoms with E-state index in [1.807, 2.05) is 27.7 Å². The first kappa shape index (κ1) is 11.3. The van der Waals surface area contributed by atoms with E-state index >= 15 is 0 Å². The van der Waals surface area contributed by atoms with Crippen molar-refractivity contribution < 1.29 is 14.3 Å². The van der Waals surface area contributed by atoms with Gasteiger partial charge in [-0.3, -0.25) is 0 Å². The monoisotopic (exact) mass is 174 g/mol. The summed E-state index contributed by atoms with van der Waals surface area (Å²) in [4.78, 5) is 10.9. The van der Waals surface area contributed by atoms with Crippen LogP contribution in [0, 0.1) is 0 Å². The summed E-state index contributed by atoms with van der Waals surface area (Å²) in [7, 11) is 0. The Balaban J connectivity index is 3.47. The van der Waals surface area contributed by atoms with Crippen LogP contribution in [0.25, 0.3) is 0 Å². The van der Waals surface area contributed by atoms with Gasteiger partial charge in [-0.2, -0.15) is 0 Å². The van der Waals surface area contributed by atoms with E-state index in [4.69, 9.17) is 9.47 Å². The number of hydrogen-bond donors (Lipinski definition) is 0. The van der Waals surface area contributed by atoms with E-state index in [-0.39, 0.29) is 0 Å². The molecule has 0 aliphatic rings. The van der Waals surface area contributed by atoms with Crippen LogP contribution in [0.2, 0.25) is 0 Å². The number of ether oxygens (including phenoxy) is 2. The zero-order valence-electron chi connectivity index (χ0n) is 8.35. The van der Waals surface area contributed by atoms with Crippen LogP contribution in [0.1, 0.15) is 40.5 Å². The predicted octanol–water partition coefficient (Wildman–Crippen LogP) is 2.74. The maximum absolute atomic E-state index is 10.9. The van der Waals surface area contributed by atoms with Crippen molar-refractivity contribution in [2.24, 2.45) is 0 Å². The predicted molar refractivity (Wildman–Crippen MR) is 47.1 cm³/mol. The van der Waals surface area contributed by atoms with E-state index in [1.165, 1.54) is 0 Å². The molecule has 0 radical (unpaired) electrons. The number of carbonyl (C=O) groups is 1. The van der Waals surface area contributed by atoms with E-state index in [1.54, 1.807) is 0 Å². The van der Waals surface area contributed by atoms with E-state index in [9.17, 15) is 4.79 Å². The summed E-state index contributed by atoms with van der Waals surface area (Å²) in [5.74, 6) is 0. The summed E-state index contributed by atoms with van der Waals surface area (Å²) in [6, 6.07) is 0. The Morgan fingerprint density at radius 3 is 2.33 bits per heavy atom. The third-order valence-corrected chi connectivity index (χ3v) is 1.11. The normalized spacial score (nSPS) is 11.0. The fraction of sp³-hybridized carbons (Fsp3) is 0.889. The summed E-state index contributed by atoms with van der Waals surface area (Å²) in [6.45, 7) is 7.93. The molecule has 0 heterocycles. The second kappa shape index (κ2) is 5.01. The molecule has 0 aromatic carbocycles. The molecule has 72 valence electrons. The van der Waals surface area contributed by atoms with Crippen molar-refractivity contribution in [1.29, 1.82) is 0 Å². The molecule has 0 bridgehead atoms. The van der Waals surface area contributed by atoms with Crippen molar-refractivity contribution in [1.82, 2.24) is 0 Å². The fourth-order valence-electron chi connectivity index (χ4n) is 0.579. The van der Waals surface area contributed by atoms with Crippen molar-refractivity contribution in [2.75, 3.05) is 6.61 Å². The Morgan fingerprint density at radius 2 is 1.92 bits per heavy atom. The lowest BCUT2D eigenvalue weighted by Crippen LogP contribution is -2.24. The highest BCUT2D eigenvalue weighted by atomic mass is 16.7. The van der Waals surface area contributed by atoms with E-state index < -0.39 is 11.8 Å². The van der Waals surface area contributed by atoms with Gasteiger partial charge in [0.25, 0.3) is 0 Å². The topological polar surface area (TPSA) is 35.5 Å². The molecule has 0 unspecified atom stereocenters. The molecule has 0 atom stereocenters. The molecule has 3 heteroatoms. The lowest BCUT2D eigenvalue weighted by molar-refractivity contribution is -0.00752. The molecule has 0 N–H and O–H groups in total. The van der Waals surface area contributed by atoms with Gasteiger partial charge in [0.05, 0.1) is 6.61 Å². The van der Waals surface area contributed by atoms with Gasteiger partial charge in [-0.05, 0) is 27.2 Å². The average molecular weight is 174 g/mol. The van der Waals surface area contributed by atoms with Crippen LogP contribution < -0.4 is 0 Å². The van der Waals surface area contributed by atoms with Gasteiger partial charge in [0.15, 0.2) is 0 Å². The molecule has 3 nitrogen and oxygen atoms in total. The van der Waals surface area contributed by atoms with Crippen LogP contribution in [0.5, 0.6) is 0 Å². The third kappa shape index (κ3) is 7.38. The second-order valence-corrected chi connectivity index (χ2v) is 3.67. The Hall–Kier alpha value is -0.730. The van der Waals surface area contributed by atoms with Gasteiger partial charge in [-0.15, -0.1) is 0 Å². The quantitative estimate of drug-likeness (QED) is 0.487. The lowest BCUT2D eigenvalue weighted by Gasteiger charge is -2.18. The lowest BCUT2D eigenvalue weighted by atomic mass is 10.2. The molecule has 0 amide bonds. The average Bonchev–Trinajstić information content (AvgIpc) is 1.84. The number of unbranched alkanes of at least 4 members (excludes halogenated alkanes) is 1. The van der Waals surface area contributed by atoms with E-state index in [2.05, 4.69) is 0 Å². The van der Waals surface area contributed by atoms with E-state index in [0.29, 0.717) is 6.61 Å². The Labute approximate surface area is 74.0 Å². The highest BCUT2D eigenvalue weighted by Gasteiger charge is 2.16. The van der Waals surface area contributed by atoms with Gasteiger partial charge in [0.2, 0.25) is 0 Å². The van der Waals surface area contributed by atoms with Crippen LogP contribution in [-0.2, 0) is 9.47 Å². The van der Waals surface area contributed by atoms with Crippen LogP contribution in [0.15, 0.2) is 0 Å². The zero-order chi connectivity index (χ0) is 9.61. The summed E-state index contributed by atoms with van der Waals surface area (Å²) in [5, 5.41) is 0. The standard InChI is InChI=1S/C9H18O3/c1-5-6-7-11-8(10)12-9(2,3)4/h5-7H2,1-4H3. The maximum atomic E-state index is 10.9. The molecule has 12 heavy (non-hydrogen) atoms.